The van der Waals surface area contributed by atoms with Crippen LogP contribution in [0.15, 0.2) is 79.4 Å². The minimum absolute atomic E-state index is 0.0906. The maximum absolute atomic E-state index is 15.0. The van der Waals surface area contributed by atoms with Crippen molar-refractivity contribution in [1.82, 2.24) is 24.5 Å². The van der Waals surface area contributed by atoms with Crippen LogP contribution in [0.25, 0.3) is 16.8 Å². The Morgan fingerprint density at radius 3 is 2.46 bits per heavy atom. The van der Waals surface area contributed by atoms with Crippen molar-refractivity contribution in [1.29, 1.82) is 0 Å². The van der Waals surface area contributed by atoms with Crippen LogP contribution in [0.3, 0.4) is 0 Å². The minimum atomic E-state index is -4.89. The van der Waals surface area contributed by atoms with Crippen molar-refractivity contribution in [2.45, 2.75) is 6.18 Å². The Kier molecular flexibility index (Phi) is 6.48. The molecule has 5 rings (SSSR count). The average Bonchev–Trinajstić information content (AvgIpc) is 3.53. The highest BCUT2D eigenvalue weighted by atomic mass is 19.4. The molecule has 0 saturated carbocycles. The summed E-state index contributed by atoms with van der Waals surface area (Å²) in [5.74, 6) is -1.86. The second-order valence-corrected chi connectivity index (χ2v) is 8.33. The van der Waals surface area contributed by atoms with Gasteiger partial charge in [0.1, 0.15) is 11.6 Å². The number of benzene rings is 2. The Hall–Kier alpha value is -5.20. The van der Waals surface area contributed by atoms with Crippen molar-refractivity contribution in [2.24, 2.45) is 7.05 Å². The number of aryl methyl sites for hydroxylation is 1. The number of halogens is 4. The highest BCUT2D eigenvalue weighted by Gasteiger charge is 2.40. The lowest BCUT2D eigenvalue weighted by atomic mass is 10.1. The molecule has 3 N–H and O–H groups in total. The van der Waals surface area contributed by atoms with Gasteiger partial charge in [0.2, 0.25) is 0 Å². The summed E-state index contributed by atoms with van der Waals surface area (Å²) in [5, 5.41) is 10.1. The van der Waals surface area contributed by atoms with E-state index in [0.717, 1.165) is 12.3 Å². The number of nitrogens with zero attached hydrogens (tertiary/aromatic N) is 5. The Labute approximate surface area is 218 Å². The van der Waals surface area contributed by atoms with Crippen LogP contribution < -0.4 is 15.8 Å². The highest BCUT2D eigenvalue weighted by Crippen LogP contribution is 2.38. The van der Waals surface area contributed by atoms with Crippen molar-refractivity contribution in [2.75, 3.05) is 11.1 Å². The molecule has 1 amide bonds. The number of nitrogens with one attached hydrogen (secondary N) is 1. The van der Waals surface area contributed by atoms with E-state index in [1.54, 1.807) is 42.3 Å². The van der Waals surface area contributed by atoms with Crippen LogP contribution >= 0.6 is 0 Å². The molecule has 0 aliphatic heterocycles. The summed E-state index contributed by atoms with van der Waals surface area (Å²) < 4.78 is 64.6. The lowest BCUT2D eigenvalue weighted by Gasteiger charge is -2.14. The number of rotatable bonds is 6. The first-order valence-electron chi connectivity index (χ1n) is 11.3. The summed E-state index contributed by atoms with van der Waals surface area (Å²) in [7, 11) is 1.72. The van der Waals surface area contributed by atoms with Crippen LogP contribution in [0.4, 0.5) is 29.1 Å². The summed E-state index contributed by atoms with van der Waals surface area (Å²) >= 11 is 0. The molecule has 9 nitrogen and oxygen atoms in total. The zero-order chi connectivity index (χ0) is 27.7. The standard InChI is InChI=1S/C26H19F4N7O2/c1-36-14-15(12-33-36)22-21(9-10-32-24(22)31)39-20-8-7-16(11-19(20)27)35-25(38)18-13-34-37(23(18)26(28,29)30)17-5-3-2-4-6-17/h2-14H,1H3,(H2,31,32)(H,35,38). The van der Waals surface area contributed by atoms with E-state index in [0.29, 0.717) is 15.8 Å². The predicted octanol–water partition coefficient (Wildman–Crippen LogP) is 5.45. The van der Waals surface area contributed by atoms with Gasteiger partial charge in [0.15, 0.2) is 17.3 Å². The molecular weight excluding hydrogens is 518 g/mol. The van der Waals surface area contributed by atoms with Crippen molar-refractivity contribution < 1.29 is 27.1 Å². The Morgan fingerprint density at radius 2 is 1.79 bits per heavy atom. The van der Waals surface area contributed by atoms with Gasteiger partial charge in [0.25, 0.3) is 5.91 Å². The van der Waals surface area contributed by atoms with Gasteiger partial charge in [-0.1, -0.05) is 18.2 Å². The summed E-state index contributed by atoms with van der Waals surface area (Å²) in [5.41, 5.74) is 5.06. The fourth-order valence-electron chi connectivity index (χ4n) is 3.92. The number of carbonyl (C=O) groups excluding carboxylic acids is 1. The van der Waals surface area contributed by atoms with Gasteiger partial charge in [0.05, 0.1) is 29.2 Å². The maximum atomic E-state index is 15.0. The van der Waals surface area contributed by atoms with E-state index in [1.165, 1.54) is 36.5 Å². The van der Waals surface area contributed by atoms with Gasteiger partial charge in [-0.3, -0.25) is 9.48 Å². The number of pyridine rings is 1. The number of carbonyl (C=O) groups is 1. The van der Waals surface area contributed by atoms with E-state index < -0.39 is 29.2 Å². The van der Waals surface area contributed by atoms with Crippen molar-refractivity contribution >= 4 is 17.4 Å². The number of amides is 1. The third-order valence-corrected chi connectivity index (χ3v) is 5.63. The molecule has 13 heteroatoms. The predicted molar refractivity (Wildman–Crippen MR) is 134 cm³/mol. The number of nitrogens with two attached hydrogens (primary N) is 1. The molecule has 0 aliphatic carbocycles. The lowest BCUT2D eigenvalue weighted by molar-refractivity contribution is -0.143. The highest BCUT2D eigenvalue weighted by molar-refractivity contribution is 6.05. The van der Waals surface area contributed by atoms with Gasteiger partial charge < -0.3 is 15.8 Å². The number of hydrogen-bond donors (Lipinski definition) is 2. The van der Waals surface area contributed by atoms with Gasteiger partial charge >= 0.3 is 6.18 Å². The molecule has 0 bridgehead atoms. The quantitative estimate of drug-likeness (QED) is 0.279. The van der Waals surface area contributed by atoms with Crippen LogP contribution in [0.2, 0.25) is 0 Å². The van der Waals surface area contributed by atoms with Gasteiger partial charge in [-0.05, 0) is 30.3 Å². The molecule has 5 aromatic rings. The molecule has 0 spiro atoms. The van der Waals surface area contributed by atoms with E-state index in [9.17, 15) is 22.4 Å². The zero-order valence-electron chi connectivity index (χ0n) is 20.1. The molecule has 3 aromatic heterocycles. The number of hydrogen-bond acceptors (Lipinski definition) is 6. The van der Waals surface area contributed by atoms with E-state index in [2.05, 4.69) is 20.5 Å². The van der Waals surface area contributed by atoms with Crippen molar-refractivity contribution in [3.8, 4) is 28.3 Å². The van der Waals surface area contributed by atoms with E-state index in [4.69, 9.17) is 10.5 Å². The first kappa shape index (κ1) is 25.4. The van der Waals surface area contributed by atoms with Crippen LogP contribution in [-0.4, -0.2) is 30.5 Å². The van der Waals surface area contributed by atoms with Crippen LogP contribution in [0, 0.1) is 5.82 Å². The second kappa shape index (κ2) is 9.93. The zero-order valence-corrected chi connectivity index (χ0v) is 20.1. The molecule has 198 valence electrons. The summed E-state index contributed by atoms with van der Waals surface area (Å²) in [6.07, 6.45) is 0.548. The number of anilines is 2. The smallest absolute Gasteiger partial charge is 0.434 e. The van der Waals surface area contributed by atoms with Crippen LogP contribution in [0.1, 0.15) is 16.1 Å². The Morgan fingerprint density at radius 1 is 1.03 bits per heavy atom. The molecule has 3 heterocycles. The Balaban J connectivity index is 1.40. The number of alkyl halides is 3. The fourth-order valence-corrected chi connectivity index (χ4v) is 3.92. The second-order valence-electron chi connectivity index (χ2n) is 8.33. The fraction of sp³-hybridized carbons (Fsp3) is 0.0769. The van der Waals surface area contributed by atoms with E-state index >= 15 is 0 Å². The van der Waals surface area contributed by atoms with Crippen LogP contribution in [-0.2, 0) is 13.2 Å². The molecular formula is C26H19F4N7O2. The molecule has 39 heavy (non-hydrogen) atoms. The molecule has 0 fully saturated rings. The largest absolute Gasteiger partial charge is 0.453 e. The monoisotopic (exact) mass is 537 g/mol. The number of para-hydroxylation sites is 1. The first-order valence-corrected chi connectivity index (χ1v) is 11.3. The Bertz CT molecular complexity index is 1660. The molecule has 0 unspecified atom stereocenters. The minimum Gasteiger partial charge on any atom is -0.453 e. The normalized spacial score (nSPS) is 11.4. The first-order chi connectivity index (χ1) is 18.6. The van der Waals surface area contributed by atoms with Gasteiger partial charge in [-0.2, -0.15) is 23.4 Å². The summed E-state index contributed by atoms with van der Waals surface area (Å²) in [4.78, 5) is 16.9. The van der Waals surface area contributed by atoms with E-state index in [1.807, 2.05) is 0 Å². The third kappa shape index (κ3) is 5.14. The lowest BCUT2D eigenvalue weighted by Crippen LogP contribution is -2.20. The summed E-state index contributed by atoms with van der Waals surface area (Å²) in [6, 6.07) is 12.5. The van der Waals surface area contributed by atoms with Gasteiger partial charge in [0, 0.05) is 36.8 Å². The topological polar surface area (TPSA) is 113 Å². The summed E-state index contributed by atoms with van der Waals surface area (Å²) in [6.45, 7) is 0. The number of aromatic nitrogens is 5. The van der Waals surface area contributed by atoms with Crippen molar-refractivity contribution in [3.05, 3.63) is 96.5 Å². The molecule has 0 atom stereocenters. The van der Waals surface area contributed by atoms with E-state index in [-0.39, 0.29) is 28.7 Å². The molecule has 0 aliphatic rings. The number of nitrogen functional groups attached to an aromatic ring is 1. The number of ether oxygens (including phenoxy) is 1. The van der Waals surface area contributed by atoms with Gasteiger partial charge in [-0.25, -0.2) is 14.1 Å². The molecule has 0 saturated heterocycles. The van der Waals surface area contributed by atoms with Crippen LogP contribution in [0.5, 0.6) is 11.5 Å². The average molecular weight is 537 g/mol. The van der Waals surface area contributed by atoms with Crippen molar-refractivity contribution in [3.63, 3.8) is 0 Å². The SMILES string of the molecule is Cn1cc(-c2c(Oc3ccc(NC(=O)c4cnn(-c5ccccc5)c4C(F)(F)F)cc3F)ccnc2N)cn1. The molecule has 0 radical (unpaired) electrons. The maximum Gasteiger partial charge on any atom is 0.434 e. The van der Waals surface area contributed by atoms with Gasteiger partial charge in [-0.15, -0.1) is 0 Å². The third-order valence-electron chi connectivity index (χ3n) is 5.63. The molecule has 2 aromatic carbocycles.